The van der Waals surface area contributed by atoms with E-state index in [0.29, 0.717) is 19.4 Å². The van der Waals surface area contributed by atoms with Crippen LogP contribution in [-0.4, -0.2) is 29.9 Å². The molecule has 0 radical (unpaired) electrons. The largest absolute Gasteiger partial charge is 1.00 e. The normalized spacial score (nSPS) is 12.8. The Labute approximate surface area is 199 Å². The summed E-state index contributed by atoms with van der Waals surface area (Å²) in [6.45, 7) is 2.34. The van der Waals surface area contributed by atoms with Crippen molar-refractivity contribution in [2.75, 3.05) is 6.61 Å². The van der Waals surface area contributed by atoms with E-state index >= 15 is 0 Å². The van der Waals surface area contributed by atoms with Crippen LogP contribution in [0.3, 0.4) is 0 Å². The summed E-state index contributed by atoms with van der Waals surface area (Å²) in [6, 6.07) is 0. The average molecular weight is 403 g/mol. The molecule has 0 spiro atoms. The van der Waals surface area contributed by atoms with Crippen LogP contribution in [0.4, 0.5) is 0 Å². The summed E-state index contributed by atoms with van der Waals surface area (Å²) in [5, 5.41) is 8.03. The molecular weight excluding hydrogens is 363 g/mol. The third kappa shape index (κ3) is 20.1. The maximum Gasteiger partial charge on any atom is 1.00 e. The van der Waals surface area contributed by atoms with E-state index in [4.69, 9.17) is 5.11 Å². The van der Waals surface area contributed by atoms with Crippen LogP contribution in [0.1, 0.15) is 110 Å². The van der Waals surface area contributed by atoms with Gasteiger partial charge in [0, 0.05) is 11.9 Å². The van der Waals surface area contributed by atoms with E-state index < -0.39 is 15.4 Å². The Kier molecular flexibility index (Phi) is 23.3. The molecule has 0 rings (SSSR count). The predicted molar refractivity (Wildman–Crippen MR) is 100 cm³/mol. The van der Waals surface area contributed by atoms with Gasteiger partial charge in [-0.25, -0.2) is 8.42 Å². The van der Waals surface area contributed by atoms with Gasteiger partial charge in [0.2, 0.25) is 0 Å². The smallest absolute Gasteiger partial charge is 0.748 e. The molecule has 25 heavy (non-hydrogen) atoms. The molecule has 0 aliphatic carbocycles. The number of unbranched alkanes of at least 4 members (excludes halogenated alkanes) is 12. The Bertz CT molecular complexity index is 360. The van der Waals surface area contributed by atoms with Crippen molar-refractivity contribution in [1.82, 2.24) is 0 Å². The molecule has 0 amide bonds. The first kappa shape index (κ1) is 28.7. The summed E-state index contributed by atoms with van der Waals surface area (Å²) in [4.78, 5) is 0. The molecule has 1 unspecified atom stereocenters. The summed E-state index contributed by atoms with van der Waals surface area (Å²) >= 11 is 0. The summed E-state index contributed by atoms with van der Waals surface area (Å²) in [6.07, 6.45) is 16.8. The van der Waals surface area contributed by atoms with E-state index in [1.165, 1.54) is 44.9 Å². The van der Waals surface area contributed by atoms with Gasteiger partial charge >= 0.3 is 51.4 Å². The van der Waals surface area contributed by atoms with E-state index in [1.54, 1.807) is 0 Å². The minimum atomic E-state index is -4.12. The van der Waals surface area contributed by atoms with Crippen LogP contribution in [0.15, 0.2) is 0 Å². The van der Waals surface area contributed by atoms with Crippen molar-refractivity contribution in [3.05, 3.63) is 0 Å². The molecule has 146 valence electrons. The molecule has 0 aliphatic rings. The van der Waals surface area contributed by atoms with Crippen molar-refractivity contribution in [3.8, 4) is 0 Å². The number of hydrogen-bond donors (Lipinski definition) is 1. The summed E-state index contributed by atoms with van der Waals surface area (Å²) in [7, 11) is -4.12. The van der Waals surface area contributed by atoms with Crippen LogP contribution in [-0.2, 0) is 10.1 Å². The Hall–Kier alpha value is 1.51. The second-order valence-electron chi connectivity index (χ2n) is 7.01. The molecule has 0 heterocycles. The van der Waals surface area contributed by atoms with Crippen molar-refractivity contribution < 1.29 is 69.5 Å². The Morgan fingerprint density at radius 1 is 0.720 bits per heavy atom. The van der Waals surface area contributed by atoms with E-state index in [1.807, 2.05) is 6.92 Å². The van der Waals surface area contributed by atoms with Crippen LogP contribution in [0.5, 0.6) is 0 Å². The van der Waals surface area contributed by atoms with Crippen molar-refractivity contribution >= 4 is 10.1 Å². The van der Waals surface area contributed by atoms with Gasteiger partial charge in [-0.1, -0.05) is 90.4 Å². The minimum Gasteiger partial charge on any atom is -0.748 e. The van der Waals surface area contributed by atoms with Crippen LogP contribution >= 0.6 is 0 Å². The van der Waals surface area contributed by atoms with Gasteiger partial charge in [-0.05, 0) is 19.3 Å². The van der Waals surface area contributed by atoms with Crippen molar-refractivity contribution in [2.45, 2.75) is 115 Å². The zero-order valence-electron chi connectivity index (χ0n) is 16.7. The molecule has 0 aromatic heterocycles. The monoisotopic (exact) mass is 402 g/mol. The molecule has 0 saturated carbocycles. The first-order valence-corrected chi connectivity index (χ1v) is 11.5. The molecule has 1 atom stereocenters. The topological polar surface area (TPSA) is 77.4 Å². The van der Waals surface area contributed by atoms with Crippen molar-refractivity contribution in [3.63, 3.8) is 0 Å². The zero-order chi connectivity index (χ0) is 18.1. The molecule has 0 fully saturated rings. The second-order valence-corrected chi connectivity index (χ2v) is 8.66. The fourth-order valence-electron chi connectivity index (χ4n) is 3.12. The molecule has 0 aromatic carbocycles. The number of aliphatic hydroxyl groups excluding tert-OH is 1. The SMILES string of the molecule is CCCCC(CCCCCCCCCCCCCCO)S(=O)(=O)[O-].[K+]. The molecule has 0 aromatic rings. The van der Waals surface area contributed by atoms with Crippen LogP contribution in [0, 0.1) is 0 Å². The van der Waals surface area contributed by atoms with Gasteiger partial charge in [0.05, 0.1) is 10.1 Å². The fraction of sp³-hybridized carbons (Fsp3) is 1.00. The molecular formula is C19H39KO4S. The quantitative estimate of drug-likeness (QED) is 0.216. The van der Waals surface area contributed by atoms with E-state index in [9.17, 15) is 13.0 Å². The van der Waals surface area contributed by atoms with Crippen LogP contribution < -0.4 is 51.4 Å². The third-order valence-corrected chi connectivity index (χ3v) is 6.01. The van der Waals surface area contributed by atoms with Gasteiger partial charge in [0.15, 0.2) is 0 Å². The first-order valence-electron chi connectivity index (χ1n) is 10.1. The van der Waals surface area contributed by atoms with E-state index in [0.717, 1.165) is 44.9 Å². The molecule has 4 nitrogen and oxygen atoms in total. The van der Waals surface area contributed by atoms with Crippen molar-refractivity contribution in [1.29, 1.82) is 0 Å². The number of hydrogen-bond acceptors (Lipinski definition) is 4. The van der Waals surface area contributed by atoms with E-state index in [-0.39, 0.29) is 51.4 Å². The predicted octanol–water partition coefficient (Wildman–Crippen LogP) is 2.16. The van der Waals surface area contributed by atoms with Gasteiger partial charge in [0.25, 0.3) is 0 Å². The number of aliphatic hydroxyl groups is 1. The van der Waals surface area contributed by atoms with Gasteiger partial charge in [0.1, 0.15) is 0 Å². The first-order chi connectivity index (χ1) is 11.5. The molecule has 0 saturated heterocycles. The zero-order valence-corrected chi connectivity index (χ0v) is 20.6. The Morgan fingerprint density at radius 2 is 1.08 bits per heavy atom. The fourth-order valence-corrected chi connectivity index (χ4v) is 4.03. The number of rotatable bonds is 18. The standard InChI is InChI=1S/C19H40O4S.K/c1-2-3-16-19(24(21,22)23)17-14-12-10-8-6-4-5-7-9-11-13-15-18-20;/h19-20H,2-18H2,1H3,(H,21,22,23);/q;+1/p-1. The summed E-state index contributed by atoms with van der Waals surface area (Å²) in [5.74, 6) is 0. The molecule has 0 bridgehead atoms. The molecule has 1 N–H and O–H groups in total. The summed E-state index contributed by atoms with van der Waals surface area (Å²) < 4.78 is 33.7. The second kappa shape index (κ2) is 20.2. The average Bonchev–Trinajstić information content (AvgIpc) is 2.53. The summed E-state index contributed by atoms with van der Waals surface area (Å²) in [5.41, 5.74) is 0. The minimum absolute atomic E-state index is 0. The molecule has 6 heteroatoms. The Morgan fingerprint density at radius 3 is 1.44 bits per heavy atom. The maximum atomic E-state index is 11.2. The van der Waals surface area contributed by atoms with Gasteiger partial charge in [-0.3, -0.25) is 0 Å². The van der Waals surface area contributed by atoms with Gasteiger partial charge < -0.3 is 9.66 Å². The third-order valence-electron chi connectivity index (χ3n) is 4.72. The molecule has 0 aliphatic heterocycles. The van der Waals surface area contributed by atoms with Gasteiger partial charge in [-0.15, -0.1) is 0 Å². The van der Waals surface area contributed by atoms with Crippen LogP contribution in [0.25, 0.3) is 0 Å². The van der Waals surface area contributed by atoms with E-state index in [2.05, 4.69) is 0 Å². The van der Waals surface area contributed by atoms with Gasteiger partial charge in [-0.2, -0.15) is 0 Å². The van der Waals surface area contributed by atoms with Crippen LogP contribution in [0.2, 0.25) is 0 Å². The van der Waals surface area contributed by atoms with Crippen molar-refractivity contribution in [2.24, 2.45) is 0 Å². The Balaban J connectivity index is 0. The maximum absolute atomic E-state index is 11.2.